The smallest absolute Gasteiger partial charge is 0.275 e. The lowest BCUT2D eigenvalue weighted by atomic mass is 9.94. The molecule has 0 spiro atoms. The third kappa shape index (κ3) is 2.87. The molecule has 5 nitrogen and oxygen atoms in total. The van der Waals surface area contributed by atoms with Gasteiger partial charge in [0.1, 0.15) is 5.01 Å². The van der Waals surface area contributed by atoms with Crippen LogP contribution in [0.4, 0.5) is 0 Å². The Balaban J connectivity index is 1.52. The zero-order valence-electron chi connectivity index (χ0n) is 13.9. The highest BCUT2D eigenvalue weighted by atomic mass is 32.1. The molecular formula is C18H20N4OS. The zero-order chi connectivity index (χ0) is 16.7. The molecule has 1 aromatic carbocycles. The zero-order valence-corrected chi connectivity index (χ0v) is 14.7. The van der Waals surface area contributed by atoms with Crippen LogP contribution in [0.3, 0.4) is 0 Å². The summed E-state index contributed by atoms with van der Waals surface area (Å²) in [6.07, 6.45) is 1.17. The first-order valence-electron chi connectivity index (χ1n) is 8.24. The minimum absolute atomic E-state index is 0.0980. The number of likely N-dealkylation sites (tertiary alicyclic amines) is 1. The second-order valence-electron chi connectivity index (χ2n) is 6.50. The van der Waals surface area contributed by atoms with E-state index >= 15 is 0 Å². The van der Waals surface area contributed by atoms with Crippen LogP contribution >= 0.6 is 11.3 Å². The molecule has 1 aliphatic heterocycles. The summed E-state index contributed by atoms with van der Waals surface area (Å²) in [4.78, 5) is 19.5. The average molecular weight is 340 g/mol. The van der Waals surface area contributed by atoms with E-state index in [1.807, 2.05) is 6.92 Å². The molecular weight excluding hydrogens is 320 g/mol. The van der Waals surface area contributed by atoms with E-state index in [4.69, 9.17) is 0 Å². The van der Waals surface area contributed by atoms with Gasteiger partial charge in [0, 0.05) is 18.3 Å². The normalized spacial score (nSPS) is 18.5. The van der Waals surface area contributed by atoms with Crippen LogP contribution in [0.25, 0.3) is 4.96 Å². The largest absolute Gasteiger partial charge is 0.296 e. The number of benzene rings is 1. The molecule has 0 amide bonds. The summed E-state index contributed by atoms with van der Waals surface area (Å²) in [7, 11) is 0. The van der Waals surface area contributed by atoms with Crippen molar-refractivity contribution in [2.24, 2.45) is 0 Å². The quantitative estimate of drug-likeness (QED) is 0.736. The summed E-state index contributed by atoms with van der Waals surface area (Å²) in [5.74, 6) is 0.587. The maximum absolute atomic E-state index is 12.0. The molecule has 2 aromatic heterocycles. The predicted molar refractivity (Wildman–Crippen MR) is 95.7 cm³/mol. The molecule has 1 saturated heterocycles. The summed E-state index contributed by atoms with van der Waals surface area (Å²) >= 11 is 1.51. The molecule has 3 aromatic rings. The van der Waals surface area contributed by atoms with Crippen molar-refractivity contribution in [2.75, 3.05) is 13.1 Å². The van der Waals surface area contributed by atoms with E-state index in [1.54, 1.807) is 0 Å². The van der Waals surface area contributed by atoms with Crippen molar-refractivity contribution < 1.29 is 0 Å². The van der Waals surface area contributed by atoms with Crippen LogP contribution in [0.1, 0.15) is 34.2 Å². The SMILES string of the molecule is Cc1cc(=O)n2nc(CN3CCC(c4ccccc4C)C3)sc2n1. The van der Waals surface area contributed by atoms with Crippen LogP contribution in [-0.4, -0.2) is 32.6 Å². The molecule has 0 radical (unpaired) electrons. The molecule has 24 heavy (non-hydrogen) atoms. The maximum Gasteiger partial charge on any atom is 0.275 e. The molecule has 3 heterocycles. The van der Waals surface area contributed by atoms with Crippen LogP contribution < -0.4 is 5.56 Å². The molecule has 0 saturated carbocycles. The van der Waals surface area contributed by atoms with Gasteiger partial charge in [-0.15, -0.1) is 0 Å². The minimum Gasteiger partial charge on any atom is -0.296 e. The van der Waals surface area contributed by atoms with Crippen molar-refractivity contribution in [3.05, 3.63) is 62.5 Å². The Kier molecular flexibility index (Phi) is 3.94. The van der Waals surface area contributed by atoms with Crippen molar-refractivity contribution >= 4 is 16.3 Å². The minimum atomic E-state index is -0.0980. The lowest BCUT2D eigenvalue weighted by molar-refractivity contribution is 0.325. The van der Waals surface area contributed by atoms with E-state index < -0.39 is 0 Å². The summed E-state index contributed by atoms with van der Waals surface area (Å²) in [5.41, 5.74) is 3.48. The molecule has 1 fully saturated rings. The predicted octanol–water partition coefficient (Wildman–Crippen LogP) is 2.76. The first-order valence-corrected chi connectivity index (χ1v) is 9.06. The van der Waals surface area contributed by atoms with Gasteiger partial charge < -0.3 is 0 Å². The van der Waals surface area contributed by atoms with Gasteiger partial charge in [0.15, 0.2) is 0 Å². The fourth-order valence-electron chi connectivity index (χ4n) is 3.49. The summed E-state index contributed by atoms with van der Waals surface area (Å²) in [6.45, 7) is 6.92. The second kappa shape index (κ2) is 6.11. The molecule has 4 rings (SSSR count). The van der Waals surface area contributed by atoms with Gasteiger partial charge in [-0.05, 0) is 43.9 Å². The highest BCUT2D eigenvalue weighted by Gasteiger charge is 2.25. The Labute approximate surface area is 144 Å². The van der Waals surface area contributed by atoms with Crippen LogP contribution in [0.2, 0.25) is 0 Å². The summed E-state index contributed by atoms with van der Waals surface area (Å²) < 4.78 is 1.42. The Hall–Kier alpha value is -2.05. The fourth-order valence-corrected chi connectivity index (χ4v) is 4.48. The molecule has 0 aliphatic carbocycles. The molecule has 1 aliphatic rings. The molecule has 6 heteroatoms. The number of fused-ring (bicyclic) bond motifs is 1. The van der Waals surface area contributed by atoms with E-state index in [0.29, 0.717) is 10.9 Å². The first kappa shape index (κ1) is 15.5. The molecule has 124 valence electrons. The van der Waals surface area contributed by atoms with E-state index in [2.05, 4.69) is 46.2 Å². The van der Waals surface area contributed by atoms with Gasteiger partial charge in [0.05, 0.1) is 6.54 Å². The van der Waals surface area contributed by atoms with Crippen molar-refractivity contribution in [1.82, 2.24) is 19.5 Å². The Morgan fingerprint density at radius 3 is 2.96 bits per heavy atom. The lowest BCUT2D eigenvalue weighted by Gasteiger charge is -2.15. The van der Waals surface area contributed by atoms with Crippen LogP contribution in [0.15, 0.2) is 35.1 Å². The fraction of sp³-hybridized carbons (Fsp3) is 0.389. The van der Waals surface area contributed by atoms with Gasteiger partial charge in [-0.3, -0.25) is 9.69 Å². The first-order chi connectivity index (χ1) is 11.6. The van der Waals surface area contributed by atoms with E-state index in [0.717, 1.165) is 30.3 Å². The highest BCUT2D eigenvalue weighted by Crippen LogP contribution is 2.30. The van der Waals surface area contributed by atoms with Gasteiger partial charge in [-0.25, -0.2) is 4.98 Å². The van der Waals surface area contributed by atoms with E-state index in [-0.39, 0.29) is 5.56 Å². The van der Waals surface area contributed by atoms with Crippen molar-refractivity contribution in [3.63, 3.8) is 0 Å². The number of aromatic nitrogens is 3. The molecule has 1 unspecified atom stereocenters. The summed E-state index contributed by atoms with van der Waals surface area (Å²) in [6, 6.07) is 10.2. The van der Waals surface area contributed by atoms with Crippen LogP contribution in [-0.2, 0) is 6.54 Å². The highest BCUT2D eigenvalue weighted by molar-refractivity contribution is 7.16. The van der Waals surface area contributed by atoms with Crippen molar-refractivity contribution in [2.45, 2.75) is 32.7 Å². The van der Waals surface area contributed by atoms with Crippen molar-refractivity contribution in [3.8, 4) is 0 Å². The van der Waals surface area contributed by atoms with E-state index in [1.165, 1.54) is 39.5 Å². The lowest BCUT2D eigenvalue weighted by Crippen LogP contribution is -2.20. The third-order valence-corrected chi connectivity index (χ3v) is 5.57. The number of nitrogens with zero attached hydrogens (tertiary/aromatic N) is 4. The number of hydrogen-bond donors (Lipinski definition) is 0. The molecule has 0 bridgehead atoms. The topological polar surface area (TPSA) is 50.5 Å². The van der Waals surface area contributed by atoms with Gasteiger partial charge in [-0.2, -0.15) is 9.61 Å². The second-order valence-corrected chi connectivity index (χ2v) is 7.54. The van der Waals surface area contributed by atoms with Crippen LogP contribution in [0, 0.1) is 13.8 Å². The molecule has 1 atom stereocenters. The van der Waals surface area contributed by atoms with Crippen LogP contribution in [0.5, 0.6) is 0 Å². The standard InChI is InChI=1S/C18H20N4OS/c1-12-5-3-4-6-15(12)14-7-8-21(10-14)11-16-20-22-17(23)9-13(2)19-18(22)24-16/h3-6,9,14H,7-8,10-11H2,1-2H3. The Morgan fingerprint density at radius 2 is 2.12 bits per heavy atom. The van der Waals surface area contributed by atoms with Gasteiger partial charge >= 0.3 is 0 Å². The van der Waals surface area contributed by atoms with Gasteiger partial charge in [0.2, 0.25) is 4.96 Å². The summed E-state index contributed by atoms with van der Waals surface area (Å²) in [5, 5.41) is 5.40. The molecule has 0 N–H and O–H groups in total. The maximum atomic E-state index is 12.0. The van der Waals surface area contributed by atoms with Gasteiger partial charge in [-0.1, -0.05) is 35.6 Å². The van der Waals surface area contributed by atoms with E-state index in [9.17, 15) is 4.79 Å². The number of hydrogen-bond acceptors (Lipinski definition) is 5. The Morgan fingerprint density at radius 1 is 1.29 bits per heavy atom. The third-order valence-electron chi connectivity index (χ3n) is 4.67. The van der Waals surface area contributed by atoms with Crippen molar-refractivity contribution in [1.29, 1.82) is 0 Å². The monoisotopic (exact) mass is 340 g/mol. The van der Waals surface area contributed by atoms with Gasteiger partial charge in [0.25, 0.3) is 5.56 Å². The number of rotatable bonds is 3. The average Bonchev–Trinajstić information content (AvgIpc) is 3.15. The Bertz CT molecular complexity index is 946. The number of aryl methyl sites for hydroxylation is 2.